The van der Waals surface area contributed by atoms with Crippen molar-refractivity contribution in [3.63, 3.8) is 0 Å². The number of benzene rings is 2. The Bertz CT molecular complexity index is 1240. The summed E-state index contributed by atoms with van der Waals surface area (Å²) in [7, 11) is -3.94. The second-order valence-corrected chi connectivity index (χ2v) is 10.0. The minimum atomic E-state index is -3.94. The van der Waals surface area contributed by atoms with Gasteiger partial charge in [0.25, 0.3) is 10.0 Å². The molecular formula is C19H15Cl2N3O4S2. The number of carbonyl (C=O) groups excluding carboxylic acids is 1. The lowest BCUT2D eigenvalue weighted by Gasteiger charge is -2.31. The number of aromatic nitrogens is 1. The van der Waals surface area contributed by atoms with E-state index in [0.29, 0.717) is 16.6 Å². The Morgan fingerprint density at radius 3 is 2.83 bits per heavy atom. The van der Waals surface area contributed by atoms with Crippen LogP contribution in [0.25, 0.3) is 10.4 Å². The highest BCUT2D eigenvalue weighted by molar-refractivity contribution is 7.93. The predicted molar refractivity (Wildman–Crippen MR) is 118 cm³/mol. The minimum Gasteiger partial charge on any atom is -0.489 e. The Balaban J connectivity index is 1.71. The van der Waals surface area contributed by atoms with Crippen LogP contribution in [0.5, 0.6) is 5.75 Å². The van der Waals surface area contributed by atoms with Crippen molar-refractivity contribution in [3.05, 3.63) is 52.6 Å². The van der Waals surface area contributed by atoms with Gasteiger partial charge < -0.3 is 10.1 Å². The molecule has 0 spiro atoms. The van der Waals surface area contributed by atoms with Crippen molar-refractivity contribution < 1.29 is 17.9 Å². The number of sulfonamides is 1. The second-order valence-electron chi connectivity index (χ2n) is 6.37. The number of halogens is 2. The van der Waals surface area contributed by atoms with Crippen LogP contribution >= 0.6 is 34.5 Å². The number of thiazole rings is 1. The van der Waals surface area contributed by atoms with Crippen molar-refractivity contribution in [3.8, 4) is 16.2 Å². The first kappa shape index (κ1) is 20.9. The maximum atomic E-state index is 13.3. The molecule has 0 saturated heterocycles. The standard InChI is InChI=1S/C19H15Cl2N3O4S2/c1-11(25)23-19-22-10-16(29-19)12-5-6-14-15(9-12)28-8-7-24(14)30(26,27)17-4-2-3-13(20)18(17)21/h2-6,9-10H,7-8H2,1H3,(H,22,23,25). The Morgan fingerprint density at radius 1 is 1.27 bits per heavy atom. The van der Waals surface area contributed by atoms with Crippen LogP contribution in [0, 0.1) is 0 Å². The van der Waals surface area contributed by atoms with Gasteiger partial charge in [0.2, 0.25) is 5.91 Å². The van der Waals surface area contributed by atoms with Gasteiger partial charge in [-0.25, -0.2) is 13.4 Å². The molecule has 1 aliphatic heterocycles. The fourth-order valence-corrected chi connectivity index (χ4v) is 6.07. The highest BCUT2D eigenvalue weighted by Gasteiger charge is 2.32. The maximum absolute atomic E-state index is 13.3. The Labute approximate surface area is 187 Å². The summed E-state index contributed by atoms with van der Waals surface area (Å²) in [5.74, 6) is 0.222. The molecule has 0 atom stereocenters. The van der Waals surface area contributed by atoms with E-state index in [-0.39, 0.29) is 34.0 Å². The first-order chi connectivity index (χ1) is 14.3. The number of ether oxygens (including phenoxy) is 1. The average molecular weight is 484 g/mol. The summed E-state index contributed by atoms with van der Waals surface area (Å²) in [6, 6.07) is 9.71. The maximum Gasteiger partial charge on any atom is 0.266 e. The fraction of sp³-hybridized carbons (Fsp3) is 0.158. The van der Waals surface area contributed by atoms with Crippen LogP contribution in [0.1, 0.15) is 6.92 Å². The largest absolute Gasteiger partial charge is 0.489 e. The molecule has 2 aromatic carbocycles. The summed E-state index contributed by atoms with van der Waals surface area (Å²) in [6.45, 7) is 1.74. The Hall–Kier alpha value is -2.33. The zero-order valence-corrected chi connectivity index (χ0v) is 18.7. The van der Waals surface area contributed by atoms with Crippen LogP contribution in [-0.2, 0) is 14.8 Å². The van der Waals surface area contributed by atoms with Gasteiger partial charge in [0.15, 0.2) is 5.13 Å². The summed E-state index contributed by atoms with van der Waals surface area (Å²) in [5, 5.41) is 3.27. The molecule has 0 unspecified atom stereocenters. The van der Waals surface area contributed by atoms with Crippen LogP contribution in [-0.4, -0.2) is 32.5 Å². The number of hydrogen-bond donors (Lipinski definition) is 1. The van der Waals surface area contributed by atoms with Gasteiger partial charge in [0.1, 0.15) is 17.3 Å². The molecular weight excluding hydrogens is 469 g/mol. The van der Waals surface area contributed by atoms with Crippen molar-refractivity contribution in [2.45, 2.75) is 11.8 Å². The van der Waals surface area contributed by atoms with E-state index in [0.717, 1.165) is 10.4 Å². The molecule has 156 valence electrons. The molecule has 0 aliphatic carbocycles. The lowest BCUT2D eigenvalue weighted by Crippen LogP contribution is -2.38. The normalized spacial score (nSPS) is 13.5. The van der Waals surface area contributed by atoms with Gasteiger partial charge in [0, 0.05) is 13.1 Å². The summed E-state index contributed by atoms with van der Waals surface area (Å²) in [6.07, 6.45) is 1.64. The third kappa shape index (κ3) is 3.85. The van der Waals surface area contributed by atoms with Gasteiger partial charge in [0.05, 0.1) is 27.2 Å². The van der Waals surface area contributed by atoms with Gasteiger partial charge in [-0.05, 0) is 29.8 Å². The minimum absolute atomic E-state index is 0.0148. The van der Waals surface area contributed by atoms with E-state index in [1.807, 2.05) is 0 Å². The SMILES string of the molecule is CC(=O)Nc1ncc(-c2ccc3c(c2)OCCN3S(=O)(=O)c2cccc(Cl)c2Cl)s1. The van der Waals surface area contributed by atoms with Crippen LogP contribution in [0.4, 0.5) is 10.8 Å². The molecule has 3 aromatic rings. The smallest absolute Gasteiger partial charge is 0.266 e. The number of anilines is 2. The number of fused-ring (bicyclic) bond motifs is 1. The summed E-state index contributed by atoms with van der Waals surface area (Å²) >= 11 is 13.5. The van der Waals surface area contributed by atoms with Crippen LogP contribution < -0.4 is 14.4 Å². The van der Waals surface area contributed by atoms with E-state index in [1.165, 1.54) is 34.7 Å². The molecule has 11 heteroatoms. The molecule has 0 bridgehead atoms. The topological polar surface area (TPSA) is 88.6 Å². The average Bonchev–Trinajstić information content (AvgIpc) is 3.16. The zero-order valence-electron chi connectivity index (χ0n) is 15.6. The molecule has 0 fully saturated rings. The Morgan fingerprint density at radius 2 is 2.07 bits per heavy atom. The number of nitrogens with one attached hydrogen (secondary N) is 1. The molecule has 30 heavy (non-hydrogen) atoms. The van der Waals surface area contributed by atoms with Crippen molar-refractivity contribution in [1.29, 1.82) is 0 Å². The van der Waals surface area contributed by atoms with Crippen molar-refractivity contribution >= 4 is 61.3 Å². The van der Waals surface area contributed by atoms with Crippen molar-refractivity contribution in [2.24, 2.45) is 0 Å². The van der Waals surface area contributed by atoms with Crippen LogP contribution in [0.3, 0.4) is 0 Å². The number of nitrogens with zero attached hydrogens (tertiary/aromatic N) is 2. The highest BCUT2D eigenvalue weighted by Crippen LogP contribution is 2.41. The molecule has 1 amide bonds. The molecule has 0 radical (unpaired) electrons. The first-order valence-electron chi connectivity index (χ1n) is 8.75. The van der Waals surface area contributed by atoms with E-state index in [2.05, 4.69) is 10.3 Å². The molecule has 7 nitrogen and oxygen atoms in total. The van der Waals surface area contributed by atoms with Gasteiger partial charge in [-0.3, -0.25) is 9.10 Å². The van der Waals surface area contributed by atoms with E-state index >= 15 is 0 Å². The molecule has 1 aliphatic rings. The third-order valence-corrected chi connectivity index (χ3v) is 8.09. The lowest BCUT2D eigenvalue weighted by atomic mass is 10.1. The molecule has 2 heterocycles. The summed E-state index contributed by atoms with van der Waals surface area (Å²) in [5.41, 5.74) is 1.20. The van der Waals surface area contributed by atoms with E-state index < -0.39 is 10.0 Å². The lowest BCUT2D eigenvalue weighted by molar-refractivity contribution is -0.114. The fourth-order valence-electron chi connectivity index (χ4n) is 3.02. The number of amides is 1. The molecule has 1 N–H and O–H groups in total. The van der Waals surface area contributed by atoms with Gasteiger partial charge in [-0.1, -0.05) is 46.7 Å². The van der Waals surface area contributed by atoms with Gasteiger partial charge in [-0.2, -0.15) is 0 Å². The van der Waals surface area contributed by atoms with E-state index in [9.17, 15) is 13.2 Å². The zero-order chi connectivity index (χ0) is 21.5. The second kappa shape index (κ2) is 8.07. The Kier molecular flexibility index (Phi) is 5.63. The summed E-state index contributed by atoms with van der Waals surface area (Å²) in [4.78, 5) is 16.1. The molecule has 0 saturated carbocycles. The van der Waals surface area contributed by atoms with Crippen LogP contribution in [0.15, 0.2) is 47.5 Å². The predicted octanol–water partition coefficient (Wildman–Crippen LogP) is 4.66. The number of carbonyl (C=O) groups is 1. The quantitative estimate of drug-likeness (QED) is 0.582. The van der Waals surface area contributed by atoms with Gasteiger partial charge >= 0.3 is 0 Å². The van der Waals surface area contributed by atoms with E-state index in [1.54, 1.807) is 30.5 Å². The monoisotopic (exact) mass is 483 g/mol. The number of rotatable bonds is 4. The van der Waals surface area contributed by atoms with E-state index in [4.69, 9.17) is 27.9 Å². The van der Waals surface area contributed by atoms with Gasteiger partial charge in [-0.15, -0.1) is 0 Å². The molecule has 1 aromatic heterocycles. The van der Waals surface area contributed by atoms with Crippen molar-refractivity contribution in [1.82, 2.24) is 4.98 Å². The highest BCUT2D eigenvalue weighted by atomic mass is 35.5. The summed E-state index contributed by atoms with van der Waals surface area (Å²) < 4.78 is 33.5. The van der Waals surface area contributed by atoms with Crippen LogP contribution in [0.2, 0.25) is 10.0 Å². The first-order valence-corrected chi connectivity index (χ1v) is 11.8. The molecule has 4 rings (SSSR count). The third-order valence-electron chi connectivity index (χ3n) is 4.34. The van der Waals surface area contributed by atoms with Crippen molar-refractivity contribution in [2.75, 3.05) is 22.8 Å². The number of hydrogen-bond acceptors (Lipinski definition) is 6.